The summed E-state index contributed by atoms with van der Waals surface area (Å²) in [5.74, 6) is -4.72. The Morgan fingerprint density at radius 3 is 1.34 bits per heavy atom. The van der Waals surface area contributed by atoms with Crippen LogP contribution in [-0.2, 0) is 0 Å². The molecular weight excluding hydrogens is 494 g/mol. The Bertz CT molecular complexity index is 1620. The molecule has 0 radical (unpaired) electrons. The fourth-order valence-electron chi connectivity index (χ4n) is 3.72. The number of hydrogen-bond acceptors (Lipinski definition) is 7. The Labute approximate surface area is 213 Å². The second-order valence-electron chi connectivity index (χ2n) is 7.79. The van der Waals surface area contributed by atoms with Gasteiger partial charge in [0.2, 0.25) is 0 Å². The van der Waals surface area contributed by atoms with Crippen LogP contribution in [0.25, 0.3) is 33.2 Å². The van der Waals surface area contributed by atoms with E-state index in [2.05, 4.69) is 15.0 Å². The summed E-state index contributed by atoms with van der Waals surface area (Å²) in [4.78, 5) is 56.6. The van der Waals surface area contributed by atoms with Crippen LogP contribution in [-0.4, -0.2) is 59.3 Å². The van der Waals surface area contributed by atoms with E-state index in [1.807, 2.05) is 0 Å². The highest BCUT2D eigenvalue weighted by Gasteiger charge is 2.17. The van der Waals surface area contributed by atoms with Gasteiger partial charge >= 0.3 is 23.9 Å². The minimum atomic E-state index is -1.29. The zero-order valence-electron chi connectivity index (χ0n) is 19.3. The van der Waals surface area contributed by atoms with Crippen LogP contribution in [0.3, 0.4) is 0 Å². The van der Waals surface area contributed by atoms with Gasteiger partial charge in [-0.15, -0.1) is 0 Å². The van der Waals surface area contributed by atoms with E-state index in [0.717, 1.165) is 12.3 Å². The van der Waals surface area contributed by atoms with E-state index in [-0.39, 0.29) is 22.3 Å². The zero-order chi connectivity index (χ0) is 27.4. The molecule has 0 saturated carbocycles. The smallest absolute Gasteiger partial charge is 0.338 e. The van der Waals surface area contributed by atoms with Crippen molar-refractivity contribution < 1.29 is 39.6 Å². The summed E-state index contributed by atoms with van der Waals surface area (Å²) in [5.41, 5.74) is 1.28. The van der Waals surface area contributed by atoms with Gasteiger partial charge in [-0.1, -0.05) is 36.4 Å². The lowest BCUT2D eigenvalue weighted by atomic mass is 10.0. The van der Waals surface area contributed by atoms with Gasteiger partial charge in [0, 0.05) is 23.2 Å². The Hall–Kier alpha value is -5.71. The Kier molecular flexibility index (Phi) is 7.01. The number of carboxylic acids is 4. The lowest BCUT2D eigenvalue weighted by Crippen LogP contribution is -2.07. The molecule has 3 heterocycles. The molecule has 3 aromatic heterocycles. The van der Waals surface area contributed by atoms with E-state index in [0.29, 0.717) is 33.2 Å². The van der Waals surface area contributed by atoms with Gasteiger partial charge in [0.15, 0.2) is 0 Å². The third kappa shape index (κ3) is 5.11. The molecular formula is C27H17N3O8. The van der Waals surface area contributed by atoms with Crippen LogP contribution >= 0.6 is 0 Å². The average molecular weight is 511 g/mol. The molecule has 0 aliphatic carbocycles. The number of rotatable bonds is 5. The summed E-state index contributed by atoms with van der Waals surface area (Å²) < 4.78 is 0. The second-order valence-corrected chi connectivity index (χ2v) is 7.79. The highest BCUT2D eigenvalue weighted by Crippen LogP contribution is 2.27. The average Bonchev–Trinajstić information content (AvgIpc) is 2.91. The van der Waals surface area contributed by atoms with Crippen molar-refractivity contribution in [1.29, 1.82) is 0 Å². The zero-order valence-corrected chi connectivity index (χ0v) is 19.3. The van der Waals surface area contributed by atoms with Crippen molar-refractivity contribution in [2.45, 2.75) is 0 Å². The van der Waals surface area contributed by atoms with E-state index in [1.165, 1.54) is 18.3 Å². The van der Waals surface area contributed by atoms with Gasteiger partial charge in [-0.2, -0.15) is 0 Å². The molecule has 5 aromatic rings. The fraction of sp³-hybridized carbons (Fsp3) is 0. The summed E-state index contributed by atoms with van der Waals surface area (Å²) in [6, 6.07) is 17.8. The van der Waals surface area contributed by atoms with Gasteiger partial charge < -0.3 is 20.4 Å². The van der Waals surface area contributed by atoms with Crippen molar-refractivity contribution in [1.82, 2.24) is 15.0 Å². The first-order valence-corrected chi connectivity index (χ1v) is 10.8. The first-order chi connectivity index (χ1) is 18.2. The van der Waals surface area contributed by atoms with Crippen molar-refractivity contribution >= 4 is 45.7 Å². The van der Waals surface area contributed by atoms with Gasteiger partial charge in [-0.25, -0.2) is 29.1 Å². The molecule has 0 unspecified atom stereocenters. The Morgan fingerprint density at radius 1 is 0.526 bits per heavy atom. The van der Waals surface area contributed by atoms with Crippen LogP contribution in [0.4, 0.5) is 0 Å². The molecule has 0 spiro atoms. The number of carboxylic acid groups (broad SMARTS) is 4. The number of hydrogen-bond donors (Lipinski definition) is 4. The molecule has 38 heavy (non-hydrogen) atoms. The largest absolute Gasteiger partial charge is 0.478 e. The molecule has 5 rings (SSSR count). The van der Waals surface area contributed by atoms with Crippen molar-refractivity contribution in [3.8, 4) is 11.4 Å². The third-order valence-electron chi connectivity index (χ3n) is 5.44. The molecule has 0 saturated heterocycles. The normalized spacial score (nSPS) is 10.4. The van der Waals surface area contributed by atoms with Gasteiger partial charge in [-0.3, -0.25) is 4.98 Å². The molecule has 11 nitrogen and oxygen atoms in total. The molecule has 0 fully saturated rings. The van der Waals surface area contributed by atoms with Crippen molar-refractivity contribution in [2.24, 2.45) is 0 Å². The summed E-state index contributed by atoms with van der Waals surface area (Å²) in [6.45, 7) is 0. The van der Waals surface area contributed by atoms with Crippen LogP contribution in [0.2, 0.25) is 0 Å². The molecule has 2 aromatic carbocycles. The lowest BCUT2D eigenvalue weighted by molar-refractivity contribution is 0.0651. The topological polar surface area (TPSA) is 188 Å². The summed E-state index contributed by atoms with van der Waals surface area (Å²) in [6.07, 6.45) is 2.24. The van der Waals surface area contributed by atoms with Crippen molar-refractivity contribution in [3.05, 3.63) is 101 Å². The SMILES string of the molecule is O=C(O)c1cc(-c2cc(C(=O)O)c3ccccc3n2)nc2ccccc12.O=C(O)c1ccncc1C(=O)O. The van der Waals surface area contributed by atoms with Crippen LogP contribution in [0.15, 0.2) is 79.1 Å². The maximum Gasteiger partial charge on any atom is 0.338 e. The highest BCUT2D eigenvalue weighted by molar-refractivity contribution is 6.06. The van der Waals surface area contributed by atoms with Gasteiger partial charge in [0.05, 0.1) is 44.7 Å². The summed E-state index contributed by atoms with van der Waals surface area (Å²) in [5, 5.41) is 37.1. The van der Waals surface area contributed by atoms with Crippen molar-refractivity contribution in [2.75, 3.05) is 0 Å². The monoisotopic (exact) mass is 511 g/mol. The van der Waals surface area contributed by atoms with E-state index in [9.17, 15) is 29.4 Å². The minimum Gasteiger partial charge on any atom is -0.478 e. The number of aromatic carboxylic acids is 4. The number of carbonyl (C=O) groups is 4. The molecule has 0 amide bonds. The maximum atomic E-state index is 11.6. The van der Waals surface area contributed by atoms with Crippen LogP contribution in [0.5, 0.6) is 0 Å². The van der Waals surface area contributed by atoms with Crippen LogP contribution in [0.1, 0.15) is 41.4 Å². The lowest BCUT2D eigenvalue weighted by Gasteiger charge is -2.09. The number of fused-ring (bicyclic) bond motifs is 2. The van der Waals surface area contributed by atoms with Crippen molar-refractivity contribution in [3.63, 3.8) is 0 Å². The quantitative estimate of drug-likeness (QED) is 0.263. The summed E-state index contributed by atoms with van der Waals surface area (Å²) >= 11 is 0. The third-order valence-corrected chi connectivity index (χ3v) is 5.44. The molecule has 0 aliphatic heterocycles. The molecule has 11 heteroatoms. The molecule has 188 valence electrons. The fourth-order valence-corrected chi connectivity index (χ4v) is 3.72. The van der Waals surface area contributed by atoms with Gasteiger partial charge in [0.1, 0.15) is 0 Å². The number of para-hydroxylation sites is 2. The van der Waals surface area contributed by atoms with E-state index in [1.54, 1.807) is 48.5 Å². The summed E-state index contributed by atoms with van der Waals surface area (Å²) in [7, 11) is 0. The molecule has 4 N–H and O–H groups in total. The van der Waals surface area contributed by atoms with Gasteiger partial charge in [0.25, 0.3) is 0 Å². The minimum absolute atomic E-state index is 0.0948. The Balaban J connectivity index is 0.000000236. The van der Waals surface area contributed by atoms with E-state index >= 15 is 0 Å². The van der Waals surface area contributed by atoms with Crippen LogP contribution in [0, 0.1) is 0 Å². The Morgan fingerprint density at radius 2 is 0.947 bits per heavy atom. The van der Waals surface area contributed by atoms with Crippen LogP contribution < -0.4 is 0 Å². The predicted octanol–water partition coefficient (Wildman–Crippen LogP) is 4.32. The predicted molar refractivity (Wildman–Crippen MR) is 135 cm³/mol. The first-order valence-electron chi connectivity index (χ1n) is 10.8. The first kappa shape index (κ1) is 25.4. The number of aromatic nitrogens is 3. The maximum absolute atomic E-state index is 11.6. The molecule has 0 atom stereocenters. The molecule has 0 aliphatic rings. The number of nitrogens with zero attached hydrogens (tertiary/aromatic N) is 3. The number of benzene rings is 2. The standard InChI is InChI=1S/C20H12N2O4.C7H5NO4/c23-19(24)13-9-17(21-15-7-3-1-5-11(13)15)18-10-14(20(25)26)12-6-2-4-8-16(12)22-18;9-6(10)4-1-2-8-3-5(4)7(11)12/h1-10H,(H,23,24)(H,25,26);1-3H,(H,9,10)(H,11,12). The second kappa shape index (κ2) is 10.5. The molecule has 0 bridgehead atoms. The van der Waals surface area contributed by atoms with E-state index < -0.39 is 23.9 Å². The van der Waals surface area contributed by atoms with E-state index in [4.69, 9.17) is 10.2 Å². The highest BCUT2D eigenvalue weighted by atomic mass is 16.4. The van der Waals surface area contributed by atoms with Gasteiger partial charge in [-0.05, 0) is 30.3 Å². The number of pyridine rings is 3.